The van der Waals surface area contributed by atoms with E-state index >= 15 is 0 Å². The van der Waals surface area contributed by atoms with Crippen LogP contribution in [0.5, 0.6) is 0 Å². The van der Waals surface area contributed by atoms with Crippen molar-refractivity contribution in [1.82, 2.24) is 5.32 Å². The zero-order valence-corrected chi connectivity index (χ0v) is 57.2. The van der Waals surface area contributed by atoms with Crippen LogP contribution in [0.15, 0.2) is 24.3 Å². The molecule has 0 aromatic carbocycles. The van der Waals surface area contributed by atoms with Gasteiger partial charge in [-0.2, -0.15) is 0 Å². The second kappa shape index (κ2) is 73.8. The minimum absolute atomic E-state index is 0.0158. The first kappa shape index (κ1) is 82.3. The fraction of sp³-hybridized carbons (Fsp3) is 0.923. The van der Waals surface area contributed by atoms with Crippen molar-refractivity contribution in [2.24, 2.45) is 0 Å². The molecule has 0 aromatic heterocycles. The third-order valence-corrected chi connectivity index (χ3v) is 18.2. The lowest BCUT2D eigenvalue weighted by molar-refractivity contribution is -0.143. The Labute approximate surface area is 526 Å². The topological polar surface area (TPSA) is 95.9 Å². The van der Waals surface area contributed by atoms with Gasteiger partial charge in [0.2, 0.25) is 5.91 Å². The van der Waals surface area contributed by atoms with Crippen LogP contribution in [0.1, 0.15) is 438 Å². The number of rotatable bonds is 73. The number of amides is 1. The zero-order valence-electron chi connectivity index (χ0n) is 57.2. The van der Waals surface area contributed by atoms with Gasteiger partial charge in [0.1, 0.15) is 0 Å². The first-order chi connectivity index (χ1) is 41.5. The van der Waals surface area contributed by atoms with Gasteiger partial charge in [-0.25, -0.2) is 0 Å². The fourth-order valence-electron chi connectivity index (χ4n) is 12.3. The molecular formula is C78H151NO5. The highest BCUT2D eigenvalue weighted by Crippen LogP contribution is 2.20. The predicted octanol–water partition coefficient (Wildman–Crippen LogP) is 25.3. The highest BCUT2D eigenvalue weighted by molar-refractivity contribution is 5.76. The maximum Gasteiger partial charge on any atom is 0.305 e. The summed E-state index contributed by atoms with van der Waals surface area (Å²) >= 11 is 0. The van der Waals surface area contributed by atoms with Gasteiger partial charge < -0.3 is 20.3 Å². The normalized spacial score (nSPS) is 12.6. The molecular weight excluding hydrogens is 1030 g/mol. The van der Waals surface area contributed by atoms with Crippen molar-refractivity contribution in [2.75, 3.05) is 13.2 Å². The molecule has 0 saturated carbocycles. The molecule has 1 amide bonds. The number of aliphatic hydroxyl groups is 2. The summed E-state index contributed by atoms with van der Waals surface area (Å²) in [5, 5.41) is 23.3. The Bertz CT molecular complexity index is 1320. The highest BCUT2D eigenvalue weighted by atomic mass is 16.5. The van der Waals surface area contributed by atoms with E-state index in [0.29, 0.717) is 19.4 Å². The van der Waals surface area contributed by atoms with Crippen LogP contribution in [0.3, 0.4) is 0 Å². The van der Waals surface area contributed by atoms with Gasteiger partial charge in [-0.15, -0.1) is 0 Å². The van der Waals surface area contributed by atoms with Crippen molar-refractivity contribution in [1.29, 1.82) is 0 Å². The summed E-state index contributed by atoms with van der Waals surface area (Å²) in [5.41, 5.74) is 0. The Kier molecular flexibility index (Phi) is 72.3. The van der Waals surface area contributed by atoms with E-state index in [-0.39, 0.29) is 18.5 Å². The van der Waals surface area contributed by atoms with Crippen LogP contribution in [0.25, 0.3) is 0 Å². The summed E-state index contributed by atoms with van der Waals surface area (Å²) in [6.07, 6.45) is 94.2. The van der Waals surface area contributed by atoms with E-state index in [4.69, 9.17) is 4.74 Å². The molecule has 0 bridgehead atoms. The highest BCUT2D eigenvalue weighted by Gasteiger charge is 2.18. The zero-order chi connectivity index (χ0) is 60.6. The molecule has 0 saturated heterocycles. The Morgan fingerprint density at radius 3 is 0.845 bits per heavy atom. The maximum atomic E-state index is 12.5. The van der Waals surface area contributed by atoms with Crippen LogP contribution in [0, 0.1) is 0 Å². The van der Waals surface area contributed by atoms with Crippen LogP contribution in [0.2, 0.25) is 0 Å². The first-order valence-electron chi connectivity index (χ1n) is 38.6. The molecule has 0 aromatic rings. The second-order valence-electron chi connectivity index (χ2n) is 26.7. The number of hydrogen-bond acceptors (Lipinski definition) is 5. The number of unbranched alkanes of at least 4 members (excludes halogenated alkanes) is 60. The molecule has 0 spiro atoms. The summed E-state index contributed by atoms with van der Waals surface area (Å²) < 4.78 is 5.51. The largest absolute Gasteiger partial charge is 0.466 e. The molecule has 0 fully saturated rings. The average molecular weight is 1180 g/mol. The number of ether oxygens (including phenoxy) is 1. The molecule has 0 aliphatic heterocycles. The maximum absolute atomic E-state index is 12.5. The molecule has 0 rings (SSSR count). The van der Waals surface area contributed by atoms with E-state index in [0.717, 1.165) is 38.5 Å². The Hall–Kier alpha value is -1.66. The van der Waals surface area contributed by atoms with E-state index in [1.807, 2.05) is 6.08 Å². The third-order valence-electron chi connectivity index (χ3n) is 18.2. The summed E-state index contributed by atoms with van der Waals surface area (Å²) in [7, 11) is 0. The monoisotopic (exact) mass is 1180 g/mol. The molecule has 498 valence electrons. The lowest BCUT2D eigenvalue weighted by atomic mass is 10.0. The van der Waals surface area contributed by atoms with Crippen molar-refractivity contribution in [2.45, 2.75) is 450 Å². The van der Waals surface area contributed by atoms with Crippen LogP contribution < -0.4 is 5.32 Å². The predicted molar refractivity (Wildman–Crippen MR) is 370 cm³/mol. The number of hydrogen-bond donors (Lipinski definition) is 3. The summed E-state index contributed by atoms with van der Waals surface area (Å²) in [5.74, 6) is -0.0459. The number of aliphatic hydroxyl groups excluding tert-OH is 2. The van der Waals surface area contributed by atoms with Gasteiger partial charge in [-0.05, 0) is 57.8 Å². The van der Waals surface area contributed by atoms with Gasteiger partial charge in [0, 0.05) is 12.8 Å². The van der Waals surface area contributed by atoms with Crippen molar-refractivity contribution in [3.63, 3.8) is 0 Å². The summed E-state index contributed by atoms with van der Waals surface area (Å²) in [6, 6.07) is -0.628. The van der Waals surface area contributed by atoms with Crippen molar-refractivity contribution in [3.05, 3.63) is 24.3 Å². The van der Waals surface area contributed by atoms with E-state index in [1.165, 1.54) is 372 Å². The van der Waals surface area contributed by atoms with Gasteiger partial charge >= 0.3 is 5.97 Å². The smallest absolute Gasteiger partial charge is 0.305 e. The van der Waals surface area contributed by atoms with Crippen LogP contribution >= 0.6 is 0 Å². The standard InChI is InChI=1S/C78H151NO5/c1-3-5-7-9-11-13-15-17-19-21-23-24-25-28-31-35-38-42-46-50-54-58-62-66-70-76(81)75(74-80)79-77(82)71-67-63-59-55-51-47-43-39-36-32-29-26-27-30-33-37-41-45-49-53-57-61-65-69-73-84-78(83)72-68-64-60-56-52-48-44-40-34-22-20-18-16-14-12-10-8-6-4-2/h18,20,66,70,75-76,80-81H,3-17,19,21-65,67-69,71-74H2,1-2H3,(H,79,82)/b20-18-,70-66+. The summed E-state index contributed by atoms with van der Waals surface area (Å²) in [6.45, 7) is 4.95. The van der Waals surface area contributed by atoms with Gasteiger partial charge in [0.25, 0.3) is 0 Å². The molecule has 0 aliphatic rings. The second-order valence-corrected chi connectivity index (χ2v) is 26.7. The number of allylic oxidation sites excluding steroid dienone is 3. The molecule has 6 nitrogen and oxygen atoms in total. The van der Waals surface area contributed by atoms with Gasteiger partial charge in [0.15, 0.2) is 0 Å². The molecule has 0 aliphatic carbocycles. The van der Waals surface area contributed by atoms with E-state index in [1.54, 1.807) is 6.08 Å². The van der Waals surface area contributed by atoms with Crippen LogP contribution in [0.4, 0.5) is 0 Å². The van der Waals surface area contributed by atoms with Crippen molar-refractivity contribution in [3.8, 4) is 0 Å². The molecule has 0 radical (unpaired) electrons. The molecule has 2 atom stereocenters. The van der Waals surface area contributed by atoms with Crippen LogP contribution in [-0.4, -0.2) is 47.4 Å². The van der Waals surface area contributed by atoms with Gasteiger partial charge in [0.05, 0.1) is 25.4 Å². The fourth-order valence-corrected chi connectivity index (χ4v) is 12.3. The van der Waals surface area contributed by atoms with Crippen LogP contribution in [-0.2, 0) is 14.3 Å². The summed E-state index contributed by atoms with van der Waals surface area (Å²) in [4.78, 5) is 24.7. The molecule has 84 heavy (non-hydrogen) atoms. The molecule has 3 N–H and O–H groups in total. The van der Waals surface area contributed by atoms with E-state index < -0.39 is 12.1 Å². The minimum atomic E-state index is -0.845. The third kappa shape index (κ3) is 69.4. The van der Waals surface area contributed by atoms with Gasteiger partial charge in [-0.1, -0.05) is 391 Å². The van der Waals surface area contributed by atoms with Gasteiger partial charge in [-0.3, -0.25) is 9.59 Å². The quantitative estimate of drug-likeness (QED) is 0.0320. The first-order valence-corrected chi connectivity index (χ1v) is 38.6. The number of esters is 1. The number of carbonyl (C=O) groups excluding carboxylic acids is 2. The van der Waals surface area contributed by atoms with E-state index in [2.05, 4.69) is 31.3 Å². The van der Waals surface area contributed by atoms with Crippen molar-refractivity contribution >= 4 is 11.9 Å². The SMILES string of the molecule is CCCCCCCC/C=C\CCCCCCCCCCCC(=O)OCCCCCCCCCCCCCCCCCCCCCCCCCCC(=O)NC(CO)C(O)/C=C/CCCCCCCCCCCCCCCCCCCCCCCC. The number of nitrogens with one attached hydrogen (secondary N) is 1. The lowest BCUT2D eigenvalue weighted by Crippen LogP contribution is -2.45. The Morgan fingerprint density at radius 1 is 0.321 bits per heavy atom. The lowest BCUT2D eigenvalue weighted by Gasteiger charge is -2.20. The molecule has 2 unspecified atom stereocenters. The van der Waals surface area contributed by atoms with E-state index in [9.17, 15) is 19.8 Å². The molecule has 0 heterocycles. The number of carbonyl (C=O) groups is 2. The van der Waals surface area contributed by atoms with Crippen molar-refractivity contribution < 1.29 is 24.5 Å². The molecule has 6 heteroatoms. The Morgan fingerprint density at radius 2 is 0.560 bits per heavy atom. The minimum Gasteiger partial charge on any atom is -0.466 e. The Balaban J connectivity index is 3.38. The average Bonchev–Trinajstić information content (AvgIpc) is 3.51.